The molecule has 7 nitrogen and oxygen atoms in total. The van der Waals surface area contributed by atoms with Crippen molar-refractivity contribution in [3.05, 3.63) is 93.8 Å². The van der Waals surface area contributed by atoms with Gasteiger partial charge >= 0.3 is 0 Å². The van der Waals surface area contributed by atoms with E-state index >= 15 is 0 Å². The number of thioether (sulfide) groups is 1. The molecule has 192 valence electrons. The van der Waals surface area contributed by atoms with Gasteiger partial charge in [0, 0.05) is 16.8 Å². The van der Waals surface area contributed by atoms with Gasteiger partial charge in [-0.25, -0.2) is 0 Å². The maximum absolute atomic E-state index is 13.2. The topological polar surface area (TPSA) is 78.3 Å². The highest BCUT2D eigenvalue weighted by Crippen LogP contribution is 2.31. The lowest BCUT2D eigenvalue weighted by molar-refractivity contribution is 0.0935. The molecule has 1 heterocycles. The Bertz CT molecular complexity index is 1420. The number of halogens is 1. The van der Waals surface area contributed by atoms with Gasteiger partial charge < -0.3 is 14.8 Å². The molecule has 9 heteroatoms. The Morgan fingerprint density at radius 1 is 1.03 bits per heavy atom. The number of ether oxygens (including phenoxy) is 2. The first-order valence-corrected chi connectivity index (χ1v) is 13.1. The summed E-state index contributed by atoms with van der Waals surface area (Å²) in [5.41, 5.74) is 4.71. The Kier molecular flexibility index (Phi) is 8.41. The van der Waals surface area contributed by atoms with E-state index in [0.29, 0.717) is 33.1 Å². The van der Waals surface area contributed by atoms with Crippen molar-refractivity contribution >= 4 is 29.3 Å². The van der Waals surface area contributed by atoms with Crippen LogP contribution in [-0.2, 0) is 5.75 Å². The van der Waals surface area contributed by atoms with E-state index in [1.165, 1.54) is 18.2 Å². The summed E-state index contributed by atoms with van der Waals surface area (Å²) in [5.74, 6) is 2.06. The van der Waals surface area contributed by atoms with Gasteiger partial charge in [-0.05, 0) is 61.7 Å². The van der Waals surface area contributed by atoms with Gasteiger partial charge in [-0.2, -0.15) is 0 Å². The fourth-order valence-corrected chi connectivity index (χ4v) is 5.14. The van der Waals surface area contributed by atoms with Gasteiger partial charge in [0.25, 0.3) is 5.91 Å². The molecule has 0 bridgehead atoms. The molecule has 4 rings (SSSR count). The lowest BCUT2D eigenvalue weighted by Gasteiger charge is -2.19. The first-order valence-electron chi connectivity index (χ1n) is 11.7. The van der Waals surface area contributed by atoms with E-state index in [1.807, 2.05) is 48.7 Å². The third-order valence-electron chi connectivity index (χ3n) is 6.08. The highest BCUT2D eigenvalue weighted by molar-refractivity contribution is 7.98. The van der Waals surface area contributed by atoms with Crippen molar-refractivity contribution < 1.29 is 14.3 Å². The third-order valence-corrected chi connectivity index (χ3v) is 7.29. The molecule has 0 radical (unpaired) electrons. The van der Waals surface area contributed by atoms with Crippen LogP contribution in [0, 0.1) is 13.8 Å². The number of aromatic nitrogens is 3. The minimum Gasteiger partial charge on any atom is -0.497 e. The monoisotopic (exact) mass is 536 g/mol. The van der Waals surface area contributed by atoms with E-state index in [1.54, 1.807) is 37.1 Å². The van der Waals surface area contributed by atoms with Gasteiger partial charge in [0.2, 0.25) is 0 Å². The molecule has 0 aliphatic rings. The van der Waals surface area contributed by atoms with Crippen LogP contribution in [0.4, 0.5) is 0 Å². The number of nitrogens with one attached hydrogen (secondary N) is 1. The number of hydrogen-bond acceptors (Lipinski definition) is 6. The first-order chi connectivity index (χ1) is 17.8. The van der Waals surface area contributed by atoms with Crippen molar-refractivity contribution in [2.75, 3.05) is 14.2 Å². The Morgan fingerprint density at radius 2 is 1.81 bits per heavy atom. The first kappa shape index (κ1) is 26.6. The smallest absolute Gasteiger partial charge is 0.255 e. The molecule has 3 aromatic carbocycles. The van der Waals surface area contributed by atoms with Crippen molar-refractivity contribution in [3.8, 4) is 17.2 Å². The second kappa shape index (κ2) is 11.7. The number of nitrogens with zero attached hydrogens (tertiary/aromatic N) is 3. The normalized spacial score (nSPS) is 11.7. The molecule has 1 atom stereocenters. The summed E-state index contributed by atoms with van der Waals surface area (Å²) in [7, 11) is 3.08. The molecule has 1 N–H and O–H groups in total. The molecule has 4 aromatic rings. The van der Waals surface area contributed by atoms with Crippen molar-refractivity contribution in [2.45, 2.75) is 37.7 Å². The molecule has 1 amide bonds. The zero-order chi connectivity index (χ0) is 26.5. The Morgan fingerprint density at radius 3 is 2.54 bits per heavy atom. The molecule has 1 aromatic heterocycles. The van der Waals surface area contributed by atoms with Crippen molar-refractivity contribution in [2.24, 2.45) is 0 Å². The minimum absolute atomic E-state index is 0.293. The van der Waals surface area contributed by atoms with Crippen LogP contribution in [-0.4, -0.2) is 34.9 Å². The van der Waals surface area contributed by atoms with Crippen LogP contribution in [0.25, 0.3) is 5.69 Å². The highest BCUT2D eigenvalue weighted by atomic mass is 35.5. The van der Waals surface area contributed by atoms with Crippen LogP contribution in [0.1, 0.15) is 45.8 Å². The maximum atomic E-state index is 13.2. The Labute approximate surface area is 226 Å². The van der Waals surface area contributed by atoms with Gasteiger partial charge in [0.05, 0.1) is 31.5 Å². The SMILES string of the molecule is COc1ccc(C(=O)NC(C)c2nnc(SCc3ccccc3C)n2-c2cc(Cl)ccc2C)c(OC)c1. The molecule has 37 heavy (non-hydrogen) atoms. The number of methoxy groups -OCH3 is 2. The second-order valence-electron chi connectivity index (χ2n) is 8.58. The van der Waals surface area contributed by atoms with E-state index in [4.69, 9.17) is 21.1 Å². The van der Waals surface area contributed by atoms with Gasteiger partial charge in [-0.15, -0.1) is 10.2 Å². The van der Waals surface area contributed by atoms with Crippen molar-refractivity contribution in [1.29, 1.82) is 0 Å². The number of rotatable bonds is 9. The molecule has 0 spiro atoms. The van der Waals surface area contributed by atoms with Gasteiger partial charge in [-0.1, -0.05) is 53.7 Å². The molecule has 0 aliphatic carbocycles. The lowest BCUT2D eigenvalue weighted by Crippen LogP contribution is -2.29. The minimum atomic E-state index is -0.460. The maximum Gasteiger partial charge on any atom is 0.255 e. The fraction of sp³-hybridized carbons (Fsp3) is 0.250. The van der Waals surface area contributed by atoms with Crippen LogP contribution in [0.5, 0.6) is 11.5 Å². The molecule has 0 saturated heterocycles. The third kappa shape index (κ3) is 5.92. The van der Waals surface area contributed by atoms with Crippen LogP contribution >= 0.6 is 23.4 Å². The average Bonchev–Trinajstić information content (AvgIpc) is 3.33. The highest BCUT2D eigenvalue weighted by Gasteiger charge is 2.24. The summed E-state index contributed by atoms with van der Waals surface area (Å²) in [6.45, 7) is 5.99. The second-order valence-corrected chi connectivity index (χ2v) is 9.96. The number of amides is 1. The number of benzene rings is 3. The van der Waals surface area contributed by atoms with Gasteiger partial charge in [-0.3, -0.25) is 9.36 Å². The standard InChI is InChI=1S/C28H29ClN4O3S/c1-17-8-6-7-9-20(17)16-37-28-32-31-26(33(28)24-14-21(29)11-10-18(24)2)19(3)30-27(34)23-13-12-22(35-4)15-25(23)36-5/h6-15,19H,16H2,1-5H3,(H,30,34). The van der Waals surface area contributed by atoms with Gasteiger partial charge in [0.15, 0.2) is 11.0 Å². The predicted octanol–water partition coefficient (Wildman–Crippen LogP) is 6.34. The van der Waals surface area contributed by atoms with E-state index in [2.05, 4.69) is 34.6 Å². The number of aryl methyl sites for hydroxylation is 2. The van der Waals surface area contributed by atoms with Crippen LogP contribution < -0.4 is 14.8 Å². The van der Waals surface area contributed by atoms with E-state index < -0.39 is 6.04 Å². The molecule has 0 saturated carbocycles. The summed E-state index contributed by atoms with van der Waals surface area (Å²) in [5, 5.41) is 13.4. The lowest BCUT2D eigenvalue weighted by atomic mass is 10.1. The molecule has 0 fully saturated rings. The Hall–Kier alpha value is -3.49. The summed E-state index contributed by atoms with van der Waals surface area (Å²) in [6, 6.07) is 18.6. The quantitative estimate of drug-likeness (QED) is 0.251. The average molecular weight is 537 g/mol. The zero-order valence-corrected chi connectivity index (χ0v) is 23.0. The zero-order valence-electron chi connectivity index (χ0n) is 21.4. The largest absolute Gasteiger partial charge is 0.497 e. The van der Waals surface area contributed by atoms with Crippen LogP contribution in [0.3, 0.4) is 0 Å². The summed E-state index contributed by atoms with van der Waals surface area (Å²) >= 11 is 7.97. The van der Waals surface area contributed by atoms with Gasteiger partial charge in [0.1, 0.15) is 11.5 Å². The van der Waals surface area contributed by atoms with E-state index in [0.717, 1.165) is 17.0 Å². The van der Waals surface area contributed by atoms with Crippen molar-refractivity contribution in [3.63, 3.8) is 0 Å². The number of carbonyl (C=O) groups excluding carboxylic acids is 1. The molecular weight excluding hydrogens is 508 g/mol. The summed E-state index contributed by atoms with van der Waals surface area (Å²) < 4.78 is 12.6. The van der Waals surface area contributed by atoms with Crippen LogP contribution in [0.2, 0.25) is 5.02 Å². The fourth-order valence-electron chi connectivity index (χ4n) is 3.94. The van der Waals surface area contributed by atoms with Crippen LogP contribution in [0.15, 0.2) is 65.8 Å². The molecule has 0 aliphatic heterocycles. The Balaban J connectivity index is 1.68. The number of carbonyl (C=O) groups is 1. The summed E-state index contributed by atoms with van der Waals surface area (Å²) in [6.07, 6.45) is 0. The predicted molar refractivity (Wildman–Crippen MR) is 147 cm³/mol. The van der Waals surface area contributed by atoms with E-state index in [9.17, 15) is 4.79 Å². The molecule has 1 unspecified atom stereocenters. The number of hydrogen-bond donors (Lipinski definition) is 1. The summed E-state index contributed by atoms with van der Waals surface area (Å²) in [4.78, 5) is 13.2. The van der Waals surface area contributed by atoms with E-state index in [-0.39, 0.29) is 5.91 Å². The molecular formula is C28H29ClN4O3S. The van der Waals surface area contributed by atoms with Crippen molar-refractivity contribution in [1.82, 2.24) is 20.1 Å².